The van der Waals surface area contributed by atoms with Gasteiger partial charge >= 0.3 is 5.97 Å². The minimum atomic E-state index is -0.119. The van der Waals surface area contributed by atoms with E-state index in [2.05, 4.69) is 11.8 Å². The zero-order valence-electron chi connectivity index (χ0n) is 11.9. The van der Waals surface area contributed by atoms with Crippen LogP contribution in [0.1, 0.15) is 45.4 Å². The van der Waals surface area contributed by atoms with Crippen LogP contribution in [-0.2, 0) is 9.53 Å². The molecule has 0 bridgehead atoms. The van der Waals surface area contributed by atoms with Crippen molar-refractivity contribution in [2.45, 2.75) is 51.5 Å². The number of carbonyl (C=O) groups excluding carboxylic acids is 1. The summed E-state index contributed by atoms with van der Waals surface area (Å²) in [6.07, 6.45) is 6.84. The molecule has 106 valence electrons. The van der Waals surface area contributed by atoms with Gasteiger partial charge in [0.1, 0.15) is 0 Å². The molecule has 0 spiro atoms. The number of methoxy groups -OCH3 is 1. The number of ether oxygens (including phenoxy) is 1. The molecule has 1 rings (SSSR count). The molecule has 2 atom stereocenters. The Bertz CT molecular complexity index is 246. The predicted octanol–water partition coefficient (Wildman–Crippen LogP) is 1.78. The molecule has 0 heterocycles. The molecule has 0 radical (unpaired) electrons. The van der Waals surface area contributed by atoms with E-state index in [0.717, 1.165) is 19.6 Å². The Morgan fingerprint density at radius 1 is 1.33 bits per heavy atom. The van der Waals surface area contributed by atoms with Crippen LogP contribution >= 0.6 is 0 Å². The summed E-state index contributed by atoms with van der Waals surface area (Å²) in [6, 6.07) is 0.548. The topological polar surface area (TPSA) is 55.6 Å². The van der Waals surface area contributed by atoms with E-state index in [0.29, 0.717) is 18.4 Å². The molecule has 2 N–H and O–H groups in total. The minimum Gasteiger partial charge on any atom is -0.469 e. The summed E-state index contributed by atoms with van der Waals surface area (Å²) in [7, 11) is 1.45. The minimum absolute atomic E-state index is 0.119. The van der Waals surface area contributed by atoms with Crippen molar-refractivity contribution in [3.63, 3.8) is 0 Å². The molecule has 1 aliphatic rings. The maximum Gasteiger partial charge on any atom is 0.306 e. The Balaban J connectivity index is 2.56. The first-order chi connectivity index (χ1) is 8.72. The first-order valence-corrected chi connectivity index (χ1v) is 7.23. The van der Waals surface area contributed by atoms with E-state index >= 15 is 0 Å². The van der Waals surface area contributed by atoms with Gasteiger partial charge in [0.25, 0.3) is 0 Å². The quantitative estimate of drug-likeness (QED) is 0.581. The third-order valence-electron chi connectivity index (χ3n) is 4.13. The SMILES string of the molecule is CCN(CCC(=O)OC)C1CCCCCC1CN. The van der Waals surface area contributed by atoms with Gasteiger partial charge in [-0.25, -0.2) is 0 Å². The molecular formula is C14H28N2O2. The molecule has 0 amide bonds. The Labute approximate surface area is 111 Å². The van der Waals surface area contributed by atoms with Crippen LogP contribution in [0, 0.1) is 5.92 Å². The van der Waals surface area contributed by atoms with Crippen molar-refractivity contribution in [2.24, 2.45) is 11.7 Å². The van der Waals surface area contributed by atoms with E-state index in [9.17, 15) is 4.79 Å². The molecule has 0 saturated heterocycles. The summed E-state index contributed by atoms with van der Waals surface area (Å²) in [6.45, 7) is 4.71. The second-order valence-electron chi connectivity index (χ2n) is 5.16. The monoisotopic (exact) mass is 256 g/mol. The van der Waals surface area contributed by atoms with Crippen LogP contribution in [0.2, 0.25) is 0 Å². The highest BCUT2D eigenvalue weighted by molar-refractivity contribution is 5.69. The lowest BCUT2D eigenvalue weighted by Gasteiger charge is -2.35. The van der Waals surface area contributed by atoms with Crippen molar-refractivity contribution < 1.29 is 9.53 Å². The third-order valence-corrected chi connectivity index (χ3v) is 4.13. The van der Waals surface area contributed by atoms with Gasteiger partial charge in [0.05, 0.1) is 13.5 Å². The summed E-state index contributed by atoms with van der Waals surface area (Å²) in [5, 5.41) is 0. The largest absolute Gasteiger partial charge is 0.469 e. The summed E-state index contributed by atoms with van der Waals surface area (Å²) in [4.78, 5) is 13.7. The maximum absolute atomic E-state index is 11.3. The van der Waals surface area contributed by atoms with Gasteiger partial charge < -0.3 is 10.5 Å². The van der Waals surface area contributed by atoms with Crippen LogP contribution < -0.4 is 5.73 Å². The van der Waals surface area contributed by atoms with Crippen molar-refractivity contribution >= 4 is 5.97 Å². The zero-order valence-corrected chi connectivity index (χ0v) is 11.9. The van der Waals surface area contributed by atoms with E-state index in [1.54, 1.807) is 0 Å². The van der Waals surface area contributed by atoms with Crippen LogP contribution in [0.25, 0.3) is 0 Å². The maximum atomic E-state index is 11.3. The van der Waals surface area contributed by atoms with E-state index in [1.165, 1.54) is 39.2 Å². The number of nitrogens with zero attached hydrogens (tertiary/aromatic N) is 1. The molecular weight excluding hydrogens is 228 g/mol. The zero-order chi connectivity index (χ0) is 13.4. The number of carbonyl (C=O) groups is 1. The average molecular weight is 256 g/mol. The molecule has 2 unspecified atom stereocenters. The predicted molar refractivity (Wildman–Crippen MR) is 73.3 cm³/mol. The molecule has 0 aromatic carbocycles. The summed E-state index contributed by atoms with van der Waals surface area (Å²) in [5.74, 6) is 0.469. The molecule has 4 heteroatoms. The van der Waals surface area contributed by atoms with Crippen molar-refractivity contribution in [1.82, 2.24) is 4.90 Å². The molecule has 4 nitrogen and oxygen atoms in total. The highest BCUT2D eigenvalue weighted by atomic mass is 16.5. The lowest BCUT2D eigenvalue weighted by molar-refractivity contribution is -0.141. The van der Waals surface area contributed by atoms with E-state index < -0.39 is 0 Å². The fourth-order valence-electron chi connectivity index (χ4n) is 3.02. The molecule has 1 aliphatic carbocycles. The van der Waals surface area contributed by atoms with E-state index in [-0.39, 0.29) is 5.97 Å². The highest BCUT2D eigenvalue weighted by Gasteiger charge is 2.27. The molecule has 0 aliphatic heterocycles. The van der Waals surface area contributed by atoms with Crippen molar-refractivity contribution in [2.75, 3.05) is 26.7 Å². The number of hydrogen-bond acceptors (Lipinski definition) is 4. The van der Waals surface area contributed by atoms with Crippen LogP contribution in [0.5, 0.6) is 0 Å². The van der Waals surface area contributed by atoms with Crippen molar-refractivity contribution in [1.29, 1.82) is 0 Å². The molecule has 0 aromatic heterocycles. The molecule has 1 fully saturated rings. The first-order valence-electron chi connectivity index (χ1n) is 7.23. The van der Waals surface area contributed by atoms with Gasteiger partial charge in [-0.05, 0) is 31.8 Å². The van der Waals surface area contributed by atoms with Gasteiger partial charge in [-0.2, -0.15) is 0 Å². The lowest BCUT2D eigenvalue weighted by atomic mass is 9.93. The average Bonchev–Trinajstić information content (AvgIpc) is 2.64. The smallest absolute Gasteiger partial charge is 0.306 e. The van der Waals surface area contributed by atoms with Crippen molar-refractivity contribution in [3.05, 3.63) is 0 Å². The number of esters is 1. The lowest BCUT2D eigenvalue weighted by Crippen LogP contribution is -2.43. The molecule has 0 aromatic rings. The first kappa shape index (κ1) is 15.4. The highest BCUT2D eigenvalue weighted by Crippen LogP contribution is 2.26. The fraction of sp³-hybridized carbons (Fsp3) is 0.929. The second-order valence-corrected chi connectivity index (χ2v) is 5.16. The normalized spacial score (nSPS) is 24.9. The van der Waals surface area contributed by atoms with Gasteiger partial charge in [-0.1, -0.05) is 26.2 Å². The van der Waals surface area contributed by atoms with Crippen LogP contribution in [0.3, 0.4) is 0 Å². The number of hydrogen-bond donors (Lipinski definition) is 1. The third kappa shape index (κ3) is 4.58. The molecule has 1 saturated carbocycles. The van der Waals surface area contributed by atoms with Gasteiger partial charge in [-0.3, -0.25) is 9.69 Å². The Morgan fingerprint density at radius 3 is 2.67 bits per heavy atom. The summed E-state index contributed by atoms with van der Waals surface area (Å²) in [5.41, 5.74) is 5.92. The van der Waals surface area contributed by atoms with Crippen LogP contribution in [0.4, 0.5) is 0 Å². The van der Waals surface area contributed by atoms with Gasteiger partial charge in [0, 0.05) is 12.6 Å². The fourth-order valence-corrected chi connectivity index (χ4v) is 3.02. The molecule has 18 heavy (non-hydrogen) atoms. The Morgan fingerprint density at radius 2 is 2.06 bits per heavy atom. The number of nitrogens with two attached hydrogens (primary N) is 1. The van der Waals surface area contributed by atoms with Gasteiger partial charge in [0.2, 0.25) is 0 Å². The second kappa shape index (κ2) is 8.48. The Hall–Kier alpha value is -0.610. The van der Waals surface area contributed by atoms with Crippen LogP contribution in [0.15, 0.2) is 0 Å². The van der Waals surface area contributed by atoms with Gasteiger partial charge in [-0.15, -0.1) is 0 Å². The van der Waals surface area contributed by atoms with Crippen molar-refractivity contribution in [3.8, 4) is 0 Å². The van der Waals surface area contributed by atoms with Crippen LogP contribution in [-0.4, -0.2) is 43.7 Å². The summed E-state index contributed by atoms with van der Waals surface area (Å²) < 4.78 is 4.72. The van der Waals surface area contributed by atoms with E-state index in [4.69, 9.17) is 10.5 Å². The van der Waals surface area contributed by atoms with E-state index in [1.807, 2.05) is 0 Å². The summed E-state index contributed by atoms with van der Waals surface area (Å²) >= 11 is 0. The standard InChI is InChI=1S/C14H28N2O2/c1-3-16(10-9-14(17)18-2)13-8-6-4-5-7-12(13)11-15/h12-13H,3-11,15H2,1-2H3. The Kier molecular flexibility index (Phi) is 7.28. The number of rotatable bonds is 6. The van der Waals surface area contributed by atoms with Gasteiger partial charge in [0.15, 0.2) is 0 Å².